The third-order valence-electron chi connectivity index (χ3n) is 4.13. The summed E-state index contributed by atoms with van der Waals surface area (Å²) in [6.45, 7) is 1.25. The van der Waals surface area contributed by atoms with E-state index in [9.17, 15) is 13.2 Å². The lowest BCUT2D eigenvalue weighted by atomic mass is 9.98. The van der Waals surface area contributed by atoms with Crippen molar-refractivity contribution in [1.29, 1.82) is 0 Å². The Hall–Kier alpha value is -0.620. The van der Waals surface area contributed by atoms with E-state index in [0.717, 1.165) is 19.3 Å². The molecule has 116 valence electrons. The van der Waals surface area contributed by atoms with E-state index in [0.29, 0.717) is 25.7 Å². The SMILES string of the molecule is O=C(NCCCOC1CCCCC1)C1CCS(=O)(=O)C1. The van der Waals surface area contributed by atoms with Crippen molar-refractivity contribution >= 4 is 15.7 Å². The molecule has 1 saturated carbocycles. The highest BCUT2D eigenvalue weighted by molar-refractivity contribution is 7.91. The van der Waals surface area contributed by atoms with Crippen molar-refractivity contribution in [2.24, 2.45) is 5.92 Å². The Balaban J connectivity index is 1.53. The van der Waals surface area contributed by atoms with Crippen molar-refractivity contribution < 1.29 is 17.9 Å². The first-order valence-corrected chi connectivity index (χ1v) is 9.49. The molecular formula is C14H25NO4S. The van der Waals surface area contributed by atoms with Gasteiger partial charge >= 0.3 is 0 Å². The van der Waals surface area contributed by atoms with Gasteiger partial charge in [-0.3, -0.25) is 4.79 Å². The van der Waals surface area contributed by atoms with E-state index in [2.05, 4.69) is 5.32 Å². The molecule has 1 amide bonds. The highest BCUT2D eigenvalue weighted by atomic mass is 32.2. The largest absolute Gasteiger partial charge is 0.378 e. The van der Waals surface area contributed by atoms with Crippen molar-refractivity contribution in [2.45, 2.75) is 51.0 Å². The van der Waals surface area contributed by atoms with E-state index in [1.807, 2.05) is 0 Å². The molecule has 0 aromatic heterocycles. The Bertz CT molecular complexity index is 415. The number of hydrogen-bond donors (Lipinski definition) is 1. The van der Waals surface area contributed by atoms with E-state index >= 15 is 0 Å². The van der Waals surface area contributed by atoms with Gasteiger partial charge in [0.1, 0.15) is 0 Å². The van der Waals surface area contributed by atoms with Crippen LogP contribution in [0.2, 0.25) is 0 Å². The van der Waals surface area contributed by atoms with Gasteiger partial charge in [0, 0.05) is 13.2 Å². The van der Waals surface area contributed by atoms with Crippen molar-refractivity contribution in [3.8, 4) is 0 Å². The summed E-state index contributed by atoms with van der Waals surface area (Å²) in [4.78, 5) is 11.8. The Morgan fingerprint density at radius 3 is 2.55 bits per heavy atom. The number of rotatable bonds is 6. The number of ether oxygens (including phenoxy) is 1. The maximum absolute atomic E-state index is 11.8. The molecule has 2 rings (SSSR count). The molecule has 0 bridgehead atoms. The average molecular weight is 303 g/mol. The first-order chi connectivity index (χ1) is 9.57. The van der Waals surface area contributed by atoms with Crippen LogP contribution >= 0.6 is 0 Å². The summed E-state index contributed by atoms with van der Waals surface area (Å²) in [5.74, 6) is -0.309. The molecule has 6 heteroatoms. The van der Waals surface area contributed by atoms with Crippen LogP contribution in [-0.4, -0.2) is 45.1 Å². The van der Waals surface area contributed by atoms with Gasteiger partial charge in [-0.2, -0.15) is 0 Å². The number of nitrogens with one attached hydrogen (secondary N) is 1. The van der Waals surface area contributed by atoms with E-state index in [4.69, 9.17) is 4.74 Å². The fourth-order valence-corrected chi connectivity index (χ4v) is 4.65. The molecular weight excluding hydrogens is 278 g/mol. The molecule has 2 fully saturated rings. The van der Waals surface area contributed by atoms with Crippen molar-refractivity contribution in [1.82, 2.24) is 5.32 Å². The van der Waals surface area contributed by atoms with Gasteiger partial charge in [0.15, 0.2) is 9.84 Å². The minimum absolute atomic E-state index is 0.0113. The Labute approximate surface area is 121 Å². The van der Waals surface area contributed by atoms with E-state index in [-0.39, 0.29) is 23.3 Å². The third kappa shape index (κ3) is 5.05. The molecule has 1 aliphatic heterocycles. The summed E-state index contributed by atoms with van der Waals surface area (Å²) >= 11 is 0. The summed E-state index contributed by atoms with van der Waals surface area (Å²) in [5.41, 5.74) is 0. The van der Waals surface area contributed by atoms with Crippen LogP contribution in [0.15, 0.2) is 0 Å². The first-order valence-electron chi connectivity index (χ1n) is 7.66. The van der Waals surface area contributed by atoms with Crippen molar-refractivity contribution in [3.05, 3.63) is 0 Å². The number of amides is 1. The van der Waals surface area contributed by atoms with Gasteiger partial charge in [-0.25, -0.2) is 8.42 Å². The number of carbonyl (C=O) groups excluding carboxylic acids is 1. The van der Waals surface area contributed by atoms with Crippen LogP contribution in [0.25, 0.3) is 0 Å². The predicted molar refractivity (Wildman–Crippen MR) is 77.2 cm³/mol. The van der Waals surface area contributed by atoms with Crippen molar-refractivity contribution in [2.75, 3.05) is 24.7 Å². The quantitative estimate of drug-likeness (QED) is 0.750. The summed E-state index contributed by atoms with van der Waals surface area (Å²) in [6.07, 6.45) is 7.82. The predicted octanol–water partition coefficient (Wildman–Crippen LogP) is 1.28. The maximum atomic E-state index is 11.8. The van der Waals surface area contributed by atoms with Gasteiger partial charge in [0.25, 0.3) is 0 Å². The number of sulfone groups is 1. The van der Waals surface area contributed by atoms with Gasteiger partial charge in [-0.15, -0.1) is 0 Å². The van der Waals surface area contributed by atoms with Gasteiger partial charge in [0.2, 0.25) is 5.91 Å². The highest BCUT2D eigenvalue weighted by Crippen LogP contribution is 2.20. The summed E-state index contributed by atoms with van der Waals surface area (Å²) in [6, 6.07) is 0. The van der Waals surface area contributed by atoms with Crippen LogP contribution in [0, 0.1) is 5.92 Å². The molecule has 0 aromatic carbocycles. The molecule has 1 N–H and O–H groups in total. The van der Waals surface area contributed by atoms with Crippen molar-refractivity contribution in [3.63, 3.8) is 0 Å². The molecule has 5 nitrogen and oxygen atoms in total. The zero-order valence-electron chi connectivity index (χ0n) is 12.0. The molecule has 2 aliphatic rings. The lowest BCUT2D eigenvalue weighted by molar-refractivity contribution is -0.124. The maximum Gasteiger partial charge on any atom is 0.224 e. The van der Waals surface area contributed by atoms with Gasteiger partial charge in [-0.1, -0.05) is 19.3 Å². The molecule has 1 unspecified atom stereocenters. The standard InChI is InChI=1S/C14H25NO4S/c16-14(12-7-10-20(17,18)11-12)15-8-4-9-19-13-5-2-1-3-6-13/h12-13H,1-11H2,(H,15,16). The summed E-state index contributed by atoms with van der Waals surface area (Å²) in [7, 11) is -2.98. The fraction of sp³-hybridized carbons (Fsp3) is 0.929. The minimum Gasteiger partial charge on any atom is -0.378 e. The Morgan fingerprint density at radius 2 is 1.90 bits per heavy atom. The highest BCUT2D eigenvalue weighted by Gasteiger charge is 2.32. The molecule has 1 heterocycles. The summed E-state index contributed by atoms with van der Waals surface area (Å²) in [5, 5.41) is 2.82. The van der Waals surface area contributed by atoms with Crippen LogP contribution in [0.3, 0.4) is 0 Å². The van der Waals surface area contributed by atoms with Crippen LogP contribution in [0.4, 0.5) is 0 Å². The number of carbonyl (C=O) groups is 1. The second-order valence-corrected chi connectivity index (χ2v) is 8.10. The Kier molecular flexibility index (Phi) is 5.84. The molecule has 0 aromatic rings. The normalized spacial score (nSPS) is 26.5. The average Bonchev–Trinajstić information content (AvgIpc) is 2.80. The second-order valence-electron chi connectivity index (χ2n) is 5.88. The molecule has 1 atom stereocenters. The minimum atomic E-state index is -2.98. The van der Waals surface area contributed by atoms with Gasteiger partial charge in [0.05, 0.1) is 23.5 Å². The second kappa shape index (κ2) is 7.41. The monoisotopic (exact) mass is 303 g/mol. The third-order valence-corrected chi connectivity index (χ3v) is 5.90. The molecule has 0 spiro atoms. The fourth-order valence-electron chi connectivity index (χ4n) is 2.91. The molecule has 1 saturated heterocycles. The van der Waals surface area contributed by atoms with E-state index < -0.39 is 9.84 Å². The lowest BCUT2D eigenvalue weighted by Gasteiger charge is -2.22. The van der Waals surface area contributed by atoms with Crippen LogP contribution in [0.1, 0.15) is 44.9 Å². The van der Waals surface area contributed by atoms with Gasteiger partial charge < -0.3 is 10.1 Å². The molecule has 1 aliphatic carbocycles. The van der Waals surface area contributed by atoms with E-state index in [1.54, 1.807) is 0 Å². The Morgan fingerprint density at radius 1 is 1.15 bits per heavy atom. The van der Waals surface area contributed by atoms with E-state index in [1.165, 1.54) is 19.3 Å². The summed E-state index contributed by atoms with van der Waals surface area (Å²) < 4.78 is 28.4. The van der Waals surface area contributed by atoms with Crippen LogP contribution < -0.4 is 5.32 Å². The van der Waals surface area contributed by atoms with Crippen LogP contribution in [0.5, 0.6) is 0 Å². The molecule has 0 radical (unpaired) electrons. The smallest absolute Gasteiger partial charge is 0.224 e. The lowest BCUT2D eigenvalue weighted by Crippen LogP contribution is -2.32. The first kappa shape index (κ1) is 15.8. The zero-order valence-corrected chi connectivity index (χ0v) is 12.8. The number of hydrogen-bond acceptors (Lipinski definition) is 4. The molecule has 20 heavy (non-hydrogen) atoms. The van der Waals surface area contributed by atoms with Gasteiger partial charge in [-0.05, 0) is 25.7 Å². The zero-order chi connectivity index (χ0) is 14.4. The topological polar surface area (TPSA) is 72.5 Å². The van der Waals surface area contributed by atoms with Crippen LogP contribution in [-0.2, 0) is 19.4 Å².